The van der Waals surface area contributed by atoms with Crippen LogP contribution in [-0.4, -0.2) is 48.8 Å². The number of thiophene rings is 1. The molecule has 3 rings (SSSR count). The van der Waals surface area contributed by atoms with Crippen molar-refractivity contribution in [3.63, 3.8) is 0 Å². The zero-order valence-corrected chi connectivity index (χ0v) is 13.5. The molecule has 4 nitrogen and oxygen atoms in total. The molecule has 0 N–H and O–H groups in total. The first-order valence-corrected chi connectivity index (χ1v) is 8.45. The van der Waals surface area contributed by atoms with E-state index in [0.29, 0.717) is 0 Å². The van der Waals surface area contributed by atoms with E-state index in [-0.39, 0.29) is 23.1 Å². The van der Waals surface area contributed by atoms with Gasteiger partial charge >= 0.3 is 0 Å². The summed E-state index contributed by atoms with van der Waals surface area (Å²) in [6, 6.07) is 3.80. The molecule has 1 aromatic rings. The van der Waals surface area contributed by atoms with Crippen LogP contribution in [0.4, 0.5) is 0 Å². The Morgan fingerprint density at radius 3 is 2.86 bits per heavy atom. The van der Waals surface area contributed by atoms with Crippen molar-refractivity contribution in [1.29, 1.82) is 0 Å². The Morgan fingerprint density at radius 2 is 2.19 bits per heavy atom. The number of rotatable bonds is 2. The monoisotopic (exact) mass is 306 g/mol. The molecule has 5 heteroatoms. The van der Waals surface area contributed by atoms with Crippen molar-refractivity contribution in [3.8, 4) is 0 Å². The van der Waals surface area contributed by atoms with Gasteiger partial charge in [-0.25, -0.2) is 0 Å². The van der Waals surface area contributed by atoms with Crippen molar-refractivity contribution < 1.29 is 9.59 Å². The molecule has 2 atom stereocenters. The Hall–Kier alpha value is -1.36. The summed E-state index contributed by atoms with van der Waals surface area (Å²) in [5, 5.41) is 1.94. The number of hydrogen-bond acceptors (Lipinski definition) is 3. The van der Waals surface area contributed by atoms with Crippen LogP contribution in [0.2, 0.25) is 0 Å². The van der Waals surface area contributed by atoms with Crippen LogP contribution in [0.15, 0.2) is 17.5 Å². The second-order valence-corrected chi connectivity index (χ2v) is 7.44. The highest BCUT2D eigenvalue weighted by atomic mass is 32.1. The maximum atomic E-state index is 12.5. The summed E-state index contributed by atoms with van der Waals surface area (Å²) in [5.41, 5.74) is 0.0221. The van der Waals surface area contributed by atoms with Crippen molar-refractivity contribution in [2.75, 3.05) is 27.2 Å². The van der Waals surface area contributed by atoms with Gasteiger partial charge in [-0.3, -0.25) is 9.59 Å². The first-order chi connectivity index (χ1) is 10.0. The number of carbonyl (C=O) groups is 2. The Kier molecular flexibility index (Phi) is 3.78. The third kappa shape index (κ3) is 2.48. The zero-order chi connectivity index (χ0) is 15.0. The second kappa shape index (κ2) is 5.44. The molecule has 2 fully saturated rings. The van der Waals surface area contributed by atoms with Crippen LogP contribution in [0, 0.1) is 11.3 Å². The molecule has 1 saturated heterocycles. The third-order valence-corrected chi connectivity index (χ3v) is 5.91. The topological polar surface area (TPSA) is 40.6 Å². The van der Waals surface area contributed by atoms with Gasteiger partial charge in [-0.2, -0.15) is 0 Å². The van der Waals surface area contributed by atoms with Crippen LogP contribution < -0.4 is 0 Å². The van der Waals surface area contributed by atoms with E-state index in [0.717, 1.165) is 43.6 Å². The summed E-state index contributed by atoms with van der Waals surface area (Å²) in [6.45, 7) is 1.53. The molecule has 21 heavy (non-hydrogen) atoms. The van der Waals surface area contributed by atoms with Crippen LogP contribution in [0.25, 0.3) is 0 Å². The van der Waals surface area contributed by atoms with Crippen molar-refractivity contribution in [1.82, 2.24) is 9.80 Å². The first kappa shape index (κ1) is 14.6. The van der Waals surface area contributed by atoms with Crippen LogP contribution in [0.3, 0.4) is 0 Å². The van der Waals surface area contributed by atoms with E-state index >= 15 is 0 Å². The van der Waals surface area contributed by atoms with E-state index < -0.39 is 0 Å². The lowest BCUT2D eigenvalue weighted by Crippen LogP contribution is -2.40. The van der Waals surface area contributed by atoms with E-state index in [1.54, 1.807) is 4.90 Å². The van der Waals surface area contributed by atoms with Crippen LogP contribution in [-0.2, 0) is 4.79 Å². The quantitative estimate of drug-likeness (QED) is 0.842. The molecule has 2 aliphatic rings. The minimum absolute atomic E-state index is 0.0221. The van der Waals surface area contributed by atoms with E-state index in [4.69, 9.17) is 0 Å². The highest BCUT2D eigenvalue weighted by Gasteiger charge is 2.51. The van der Waals surface area contributed by atoms with Gasteiger partial charge in [0.2, 0.25) is 5.91 Å². The fourth-order valence-electron chi connectivity index (χ4n) is 3.95. The number of likely N-dealkylation sites (tertiary alicyclic amines) is 1. The number of carbonyl (C=O) groups excluding carboxylic acids is 2. The van der Waals surface area contributed by atoms with Crippen molar-refractivity contribution in [2.24, 2.45) is 11.3 Å². The lowest BCUT2D eigenvalue weighted by molar-refractivity contribution is -0.136. The molecule has 0 unspecified atom stereocenters. The molecular formula is C16H22N2O2S. The number of nitrogens with zero attached hydrogens (tertiary/aromatic N) is 2. The molecule has 1 spiro atoms. The van der Waals surface area contributed by atoms with Crippen LogP contribution in [0.5, 0.6) is 0 Å². The standard InChI is InChI=1S/C16H22N2O2S/c1-17(2)14(19)12-5-3-7-16(12)8-9-18(11-16)15(20)13-6-4-10-21-13/h4,6,10,12H,3,5,7-9,11H2,1-2H3/t12-,16-/m0/s1. The van der Waals surface area contributed by atoms with Crippen molar-refractivity contribution in [2.45, 2.75) is 25.7 Å². The van der Waals surface area contributed by atoms with Gasteiger partial charge in [0, 0.05) is 38.5 Å². The Labute approximate surface area is 129 Å². The van der Waals surface area contributed by atoms with E-state index in [1.165, 1.54) is 11.3 Å². The van der Waals surface area contributed by atoms with Gasteiger partial charge in [-0.05, 0) is 30.7 Å². The lowest BCUT2D eigenvalue weighted by atomic mass is 9.76. The highest BCUT2D eigenvalue weighted by molar-refractivity contribution is 7.12. The predicted molar refractivity (Wildman–Crippen MR) is 83.3 cm³/mol. The largest absolute Gasteiger partial charge is 0.349 e. The Bertz CT molecular complexity index is 540. The summed E-state index contributed by atoms with van der Waals surface area (Å²) in [6.07, 6.45) is 4.11. The van der Waals surface area contributed by atoms with E-state index in [2.05, 4.69) is 0 Å². The molecule has 1 aliphatic heterocycles. The third-order valence-electron chi connectivity index (χ3n) is 5.05. The minimum Gasteiger partial charge on any atom is -0.349 e. The lowest BCUT2D eigenvalue weighted by Gasteiger charge is -2.32. The van der Waals surface area contributed by atoms with Gasteiger partial charge in [0.05, 0.1) is 4.88 Å². The fourth-order valence-corrected chi connectivity index (χ4v) is 4.64. The van der Waals surface area contributed by atoms with Crippen LogP contribution in [0.1, 0.15) is 35.4 Å². The molecule has 0 bridgehead atoms. The smallest absolute Gasteiger partial charge is 0.263 e. The Balaban J connectivity index is 1.76. The zero-order valence-electron chi connectivity index (χ0n) is 12.7. The maximum absolute atomic E-state index is 12.5. The van der Waals surface area contributed by atoms with Gasteiger partial charge in [0.15, 0.2) is 0 Å². The summed E-state index contributed by atoms with van der Waals surface area (Å²) in [5.74, 6) is 0.455. The van der Waals surface area contributed by atoms with Crippen molar-refractivity contribution >= 4 is 23.2 Å². The van der Waals surface area contributed by atoms with Gasteiger partial charge in [-0.15, -0.1) is 11.3 Å². The molecule has 0 radical (unpaired) electrons. The van der Waals surface area contributed by atoms with Crippen LogP contribution >= 0.6 is 11.3 Å². The molecule has 1 saturated carbocycles. The normalized spacial score (nSPS) is 28.3. The van der Waals surface area contributed by atoms with Gasteiger partial charge < -0.3 is 9.80 Å². The SMILES string of the molecule is CN(C)C(=O)[C@@H]1CCC[C@@]12CCN(C(=O)c1cccs1)C2. The molecule has 0 aromatic carbocycles. The molecule has 1 aromatic heterocycles. The maximum Gasteiger partial charge on any atom is 0.263 e. The summed E-state index contributed by atoms with van der Waals surface area (Å²) in [7, 11) is 3.66. The average molecular weight is 306 g/mol. The molecule has 114 valence electrons. The molecule has 2 amide bonds. The first-order valence-electron chi connectivity index (χ1n) is 7.57. The van der Waals surface area contributed by atoms with E-state index in [9.17, 15) is 9.59 Å². The predicted octanol–water partition coefficient (Wildman–Crippen LogP) is 2.47. The number of amides is 2. The average Bonchev–Trinajstić information content (AvgIpc) is 3.19. The fraction of sp³-hybridized carbons (Fsp3) is 0.625. The second-order valence-electron chi connectivity index (χ2n) is 6.49. The summed E-state index contributed by atoms with van der Waals surface area (Å²) >= 11 is 1.49. The van der Waals surface area contributed by atoms with Crippen molar-refractivity contribution in [3.05, 3.63) is 22.4 Å². The molecular weight excluding hydrogens is 284 g/mol. The van der Waals surface area contributed by atoms with E-state index in [1.807, 2.05) is 36.5 Å². The summed E-state index contributed by atoms with van der Waals surface area (Å²) < 4.78 is 0. The van der Waals surface area contributed by atoms with Gasteiger partial charge in [0.1, 0.15) is 0 Å². The van der Waals surface area contributed by atoms with Gasteiger partial charge in [-0.1, -0.05) is 12.5 Å². The minimum atomic E-state index is 0.0221. The summed E-state index contributed by atoms with van der Waals surface area (Å²) in [4.78, 5) is 29.4. The highest BCUT2D eigenvalue weighted by Crippen LogP contribution is 2.50. The van der Waals surface area contributed by atoms with Gasteiger partial charge in [0.25, 0.3) is 5.91 Å². The molecule has 2 heterocycles. The molecule has 1 aliphatic carbocycles. The number of hydrogen-bond donors (Lipinski definition) is 0. The Morgan fingerprint density at radius 1 is 1.38 bits per heavy atom.